The molecule has 0 saturated heterocycles. The summed E-state index contributed by atoms with van der Waals surface area (Å²) in [5.74, 6) is 0.245. The number of anilines is 1. The van der Waals surface area contributed by atoms with Crippen LogP contribution in [0.3, 0.4) is 0 Å². The van der Waals surface area contributed by atoms with E-state index in [0.29, 0.717) is 5.82 Å². The third-order valence-electron chi connectivity index (χ3n) is 2.22. The molecule has 0 aliphatic rings. The zero-order chi connectivity index (χ0) is 11.5. The summed E-state index contributed by atoms with van der Waals surface area (Å²) in [6.07, 6.45) is 1.63. The molecular weight excluding hydrogens is 204 g/mol. The van der Waals surface area contributed by atoms with Gasteiger partial charge in [0.1, 0.15) is 5.82 Å². The van der Waals surface area contributed by atoms with Gasteiger partial charge in [-0.3, -0.25) is 9.78 Å². The lowest BCUT2D eigenvalue weighted by Crippen LogP contribution is -2.31. The van der Waals surface area contributed by atoms with E-state index in [-0.39, 0.29) is 6.54 Å². The highest BCUT2D eigenvalue weighted by atomic mass is 16.1. The van der Waals surface area contributed by atoms with Crippen molar-refractivity contribution in [1.82, 2.24) is 9.97 Å². The van der Waals surface area contributed by atoms with Crippen LogP contribution in [0.15, 0.2) is 30.5 Å². The Morgan fingerprint density at radius 2 is 2.06 bits per heavy atom. The topological polar surface area (TPSA) is 72.1 Å². The number of primary amides is 1. The highest BCUT2D eigenvalue weighted by Crippen LogP contribution is 2.13. The summed E-state index contributed by atoms with van der Waals surface area (Å²) >= 11 is 0. The van der Waals surface area contributed by atoms with Gasteiger partial charge in [-0.2, -0.15) is 0 Å². The average molecular weight is 216 g/mol. The molecule has 0 saturated carbocycles. The number of benzene rings is 1. The van der Waals surface area contributed by atoms with Gasteiger partial charge >= 0.3 is 0 Å². The maximum atomic E-state index is 10.8. The molecule has 0 unspecified atom stereocenters. The number of aromatic nitrogens is 2. The number of hydrogen-bond donors (Lipinski definition) is 1. The van der Waals surface area contributed by atoms with Gasteiger partial charge < -0.3 is 10.6 Å². The van der Waals surface area contributed by atoms with Crippen LogP contribution in [0.4, 0.5) is 5.82 Å². The second-order valence-corrected chi connectivity index (χ2v) is 3.54. The molecular formula is C11H12N4O. The quantitative estimate of drug-likeness (QED) is 0.813. The van der Waals surface area contributed by atoms with Crippen molar-refractivity contribution >= 4 is 22.8 Å². The third-order valence-corrected chi connectivity index (χ3v) is 2.22. The van der Waals surface area contributed by atoms with Crippen LogP contribution < -0.4 is 10.6 Å². The summed E-state index contributed by atoms with van der Waals surface area (Å²) in [6, 6.07) is 7.57. The SMILES string of the molecule is CN(CC(N)=O)c1cnc2ccccc2n1. The first-order valence-electron chi connectivity index (χ1n) is 4.88. The molecule has 1 heterocycles. The molecule has 0 bridgehead atoms. The number of fused-ring (bicyclic) bond motifs is 1. The van der Waals surface area contributed by atoms with E-state index in [4.69, 9.17) is 5.73 Å². The van der Waals surface area contributed by atoms with E-state index in [9.17, 15) is 4.79 Å². The molecule has 0 fully saturated rings. The van der Waals surface area contributed by atoms with E-state index in [0.717, 1.165) is 11.0 Å². The molecule has 2 N–H and O–H groups in total. The standard InChI is InChI=1S/C11H12N4O/c1-15(7-10(12)16)11-6-13-8-4-2-3-5-9(8)14-11/h2-6H,7H2,1H3,(H2,12,16). The summed E-state index contributed by atoms with van der Waals surface area (Å²) in [5.41, 5.74) is 6.75. The monoisotopic (exact) mass is 216 g/mol. The summed E-state index contributed by atoms with van der Waals surface area (Å²) in [6.45, 7) is 0.132. The maximum Gasteiger partial charge on any atom is 0.236 e. The van der Waals surface area contributed by atoms with Crippen LogP contribution in [0.2, 0.25) is 0 Å². The van der Waals surface area contributed by atoms with Gasteiger partial charge in [0, 0.05) is 7.05 Å². The number of nitrogens with zero attached hydrogens (tertiary/aromatic N) is 3. The maximum absolute atomic E-state index is 10.8. The smallest absolute Gasteiger partial charge is 0.236 e. The number of para-hydroxylation sites is 2. The minimum Gasteiger partial charge on any atom is -0.368 e. The van der Waals surface area contributed by atoms with E-state index in [1.807, 2.05) is 24.3 Å². The first-order valence-corrected chi connectivity index (χ1v) is 4.88. The van der Waals surface area contributed by atoms with Crippen LogP contribution in [0.25, 0.3) is 11.0 Å². The molecule has 2 rings (SSSR count). The van der Waals surface area contributed by atoms with Crippen molar-refractivity contribution in [3.05, 3.63) is 30.5 Å². The molecule has 1 aromatic carbocycles. The Kier molecular flexibility index (Phi) is 2.68. The number of amides is 1. The summed E-state index contributed by atoms with van der Waals surface area (Å²) in [7, 11) is 1.75. The second kappa shape index (κ2) is 4.14. The van der Waals surface area contributed by atoms with Crippen molar-refractivity contribution in [3.63, 3.8) is 0 Å². The lowest BCUT2D eigenvalue weighted by Gasteiger charge is -2.15. The molecule has 16 heavy (non-hydrogen) atoms. The predicted octanol–water partition coefficient (Wildman–Crippen LogP) is 0.551. The van der Waals surface area contributed by atoms with Crippen molar-refractivity contribution in [2.45, 2.75) is 0 Å². The Balaban J connectivity index is 2.35. The number of likely N-dealkylation sites (N-methyl/N-ethyl adjacent to an activating group) is 1. The molecule has 0 atom stereocenters. The number of carbonyl (C=O) groups is 1. The first kappa shape index (κ1) is 10.4. The van der Waals surface area contributed by atoms with Gasteiger partial charge in [-0.15, -0.1) is 0 Å². The van der Waals surface area contributed by atoms with Crippen LogP contribution in [0, 0.1) is 0 Å². The predicted molar refractivity (Wildman–Crippen MR) is 62.0 cm³/mol. The molecule has 2 aromatic rings. The molecule has 1 aromatic heterocycles. The van der Waals surface area contributed by atoms with Crippen LogP contribution in [-0.2, 0) is 4.79 Å². The van der Waals surface area contributed by atoms with Crippen LogP contribution in [0.1, 0.15) is 0 Å². The summed E-state index contributed by atoms with van der Waals surface area (Å²) < 4.78 is 0. The fourth-order valence-corrected chi connectivity index (χ4v) is 1.45. The van der Waals surface area contributed by atoms with Gasteiger partial charge in [0.25, 0.3) is 0 Å². The van der Waals surface area contributed by atoms with E-state index >= 15 is 0 Å². The summed E-state index contributed by atoms with van der Waals surface area (Å²) in [4.78, 5) is 21.1. The van der Waals surface area contributed by atoms with Crippen molar-refractivity contribution in [2.24, 2.45) is 5.73 Å². The zero-order valence-corrected chi connectivity index (χ0v) is 8.92. The molecule has 5 heteroatoms. The minimum atomic E-state index is -0.391. The van der Waals surface area contributed by atoms with Crippen molar-refractivity contribution in [2.75, 3.05) is 18.5 Å². The Morgan fingerprint density at radius 3 is 2.75 bits per heavy atom. The van der Waals surface area contributed by atoms with E-state index < -0.39 is 5.91 Å². The molecule has 1 amide bonds. The summed E-state index contributed by atoms with van der Waals surface area (Å²) in [5, 5.41) is 0. The number of nitrogens with two attached hydrogens (primary N) is 1. The highest BCUT2D eigenvalue weighted by Gasteiger charge is 2.06. The Labute approximate surface area is 92.9 Å². The van der Waals surface area contributed by atoms with Crippen molar-refractivity contribution in [3.8, 4) is 0 Å². The first-order chi connectivity index (χ1) is 7.66. The van der Waals surface area contributed by atoms with Crippen LogP contribution >= 0.6 is 0 Å². The molecule has 0 aliphatic carbocycles. The van der Waals surface area contributed by atoms with Gasteiger partial charge in [0.15, 0.2) is 0 Å². The zero-order valence-electron chi connectivity index (χ0n) is 8.92. The average Bonchev–Trinajstić information content (AvgIpc) is 2.27. The minimum absolute atomic E-state index is 0.132. The van der Waals surface area contributed by atoms with Crippen LogP contribution in [-0.4, -0.2) is 29.5 Å². The normalized spacial score (nSPS) is 10.3. The highest BCUT2D eigenvalue weighted by molar-refractivity contribution is 5.80. The molecule has 82 valence electrons. The Hall–Kier alpha value is -2.17. The fraction of sp³-hybridized carbons (Fsp3) is 0.182. The fourth-order valence-electron chi connectivity index (χ4n) is 1.45. The lowest BCUT2D eigenvalue weighted by atomic mass is 10.3. The largest absolute Gasteiger partial charge is 0.368 e. The van der Waals surface area contributed by atoms with Crippen molar-refractivity contribution in [1.29, 1.82) is 0 Å². The Morgan fingerprint density at radius 1 is 1.38 bits per heavy atom. The number of carbonyl (C=O) groups excluding carboxylic acids is 1. The Bertz CT molecular complexity index is 526. The van der Waals surface area contributed by atoms with Gasteiger partial charge in [0.05, 0.1) is 23.8 Å². The van der Waals surface area contributed by atoms with Gasteiger partial charge in [0.2, 0.25) is 5.91 Å². The number of hydrogen-bond acceptors (Lipinski definition) is 4. The van der Waals surface area contributed by atoms with Crippen LogP contribution in [0.5, 0.6) is 0 Å². The van der Waals surface area contributed by atoms with Gasteiger partial charge in [-0.25, -0.2) is 4.98 Å². The molecule has 5 nitrogen and oxygen atoms in total. The van der Waals surface area contributed by atoms with E-state index in [1.54, 1.807) is 18.1 Å². The third kappa shape index (κ3) is 2.08. The van der Waals surface area contributed by atoms with Crippen molar-refractivity contribution < 1.29 is 4.79 Å². The second-order valence-electron chi connectivity index (χ2n) is 3.54. The molecule has 0 radical (unpaired) electrons. The lowest BCUT2D eigenvalue weighted by molar-refractivity contribution is -0.116. The van der Waals surface area contributed by atoms with E-state index in [1.165, 1.54) is 0 Å². The molecule has 0 aliphatic heterocycles. The van der Waals surface area contributed by atoms with Gasteiger partial charge in [-0.05, 0) is 12.1 Å². The number of rotatable bonds is 3. The van der Waals surface area contributed by atoms with E-state index in [2.05, 4.69) is 9.97 Å². The van der Waals surface area contributed by atoms with Gasteiger partial charge in [-0.1, -0.05) is 12.1 Å². The molecule has 0 spiro atoms.